The molecule has 1 fully saturated rings. The second kappa shape index (κ2) is 7.62. The molecule has 1 heterocycles. The van der Waals surface area contributed by atoms with Crippen molar-refractivity contribution < 1.29 is 14.3 Å². The maximum atomic E-state index is 12.7. The summed E-state index contributed by atoms with van der Waals surface area (Å²) >= 11 is 1.46. The Morgan fingerprint density at radius 1 is 1.27 bits per heavy atom. The van der Waals surface area contributed by atoms with Crippen LogP contribution < -0.4 is 5.32 Å². The zero-order valence-corrected chi connectivity index (χ0v) is 16.5. The molecule has 1 aliphatic rings. The van der Waals surface area contributed by atoms with Gasteiger partial charge in [-0.2, -0.15) is 0 Å². The van der Waals surface area contributed by atoms with Crippen molar-refractivity contribution in [2.45, 2.75) is 52.6 Å². The number of hydrogen-bond donors (Lipinski definition) is 1. The SMILES string of the molecule is CCc1c(C)sc(NC(=O)C2CC2c2ccccc2)c1C(=O)OC(C)C. The number of aryl methyl sites for hydroxylation is 1. The molecule has 0 aliphatic heterocycles. The van der Waals surface area contributed by atoms with E-state index in [-0.39, 0.29) is 29.8 Å². The molecule has 26 heavy (non-hydrogen) atoms. The van der Waals surface area contributed by atoms with Crippen molar-refractivity contribution in [3.63, 3.8) is 0 Å². The van der Waals surface area contributed by atoms with Crippen LogP contribution in [0.25, 0.3) is 0 Å². The average Bonchev–Trinajstić information content (AvgIpc) is 3.33. The average molecular weight is 372 g/mol. The molecule has 1 aliphatic carbocycles. The van der Waals surface area contributed by atoms with Crippen LogP contribution in [0.1, 0.15) is 59.5 Å². The van der Waals surface area contributed by atoms with Gasteiger partial charge in [-0.1, -0.05) is 37.3 Å². The van der Waals surface area contributed by atoms with E-state index in [1.807, 2.05) is 45.9 Å². The molecule has 1 aromatic heterocycles. The first-order valence-electron chi connectivity index (χ1n) is 9.11. The molecule has 3 rings (SSSR count). The molecule has 4 nitrogen and oxygen atoms in total. The number of nitrogens with one attached hydrogen (secondary N) is 1. The highest BCUT2D eigenvalue weighted by Gasteiger charge is 2.44. The lowest BCUT2D eigenvalue weighted by atomic mass is 10.1. The lowest BCUT2D eigenvalue weighted by Gasteiger charge is -2.11. The Morgan fingerprint density at radius 3 is 2.58 bits per heavy atom. The summed E-state index contributed by atoms with van der Waals surface area (Å²) in [5, 5.41) is 3.62. The minimum absolute atomic E-state index is 0.0126. The van der Waals surface area contributed by atoms with Gasteiger partial charge in [0.25, 0.3) is 0 Å². The quantitative estimate of drug-likeness (QED) is 0.733. The molecular formula is C21H25NO3S. The van der Waals surface area contributed by atoms with Crippen molar-refractivity contribution >= 4 is 28.2 Å². The first kappa shape index (κ1) is 18.6. The van der Waals surface area contributed by atoms with Gasteiger partial charge in [0.15, 0.2) is 0 Å². The Bertz CT molecular complexity index is 810. The Hall–Kier alpha value is -2.14. The molecule has 0 spiro atoms. The van der Waals surface area contributed by atoms with Crippen LogP contribution in [0.2, 0.25) is 0 Å². The van der Waals surface area contributed by atoms with Gasteiger partial charge in [0, 0.05) is 10.8 Å². The van der Waals surface area contributed by atoms with Crippen LogP contribution >= 0.6 is 11.3 Å². The van der Waals surface area contributed by atoms with Gasteiger partial charge in [0.05, 0.1) is 11.7 Å². The molecule has 1 aromatic carbocycles. The molecule has 0 saturated heterocycles. The van der Waals surface area contributed by atoms with Gasteiger partial charge in [-0.3, -0.25) is 4.79 Å². The minimum Gasteiger partial charge on any atom is -0.459 e. The number of benzene rings is 1. The number of esters is 1. The summed E-state index contributed by atoms with van der Waals surface area (Å²) < 4.78 is 5.40. The van der Waals surface area contributed by atoms with Gasteiger partial charge in [0.2, 0.25) is 5.91 Å². The van der Waals surface area contributed by atoms with Crippen molar-refractivity contribution in [1.82, 2.24) is 0 Å². The number of ether oxygens (including phenoxy) is 1. The first-order chi connectivity index (χ1) is 12.4. The number of thiophene rings is 1. The van der Waals surface area contributed by atoms with Crippen molar-refractivity contribution in [3.05, 3.63) is 51.9 Å². The first-order valence-corrected chi connectivity index (χ1v) is 9.93. The fourth-order valence-corrected chi connectivity index (χ4v) is 4.48. The Kier molecular flexibility index (Phi) is 5.47. The topological polar surface area (TPSA) is 55.4 Å². The second-order valence-corrected chi connectivity index (χ2v) is 8.22. The third-order valence-corrected chi connectivity index (χ3v) is 5.76. The van der Waals surface area contributed by atoms with Gasteiger partial charge in [0.1, 0.15) is 5.00 Å². The highest BCUT2D eigenvalue weighted by Crippen LogP contribution is 2.48. The van der Waals surface area contributed by atoms with Crippen LogP contribution in [-0.4, -0.2) is 18.0 Å². The van der Waals surface area contributed by atoms with Crippen molar-refractivity contribution in [2.24, 2.45) is 5.92 Å². The number of amides is 1. The van der Waals surface area contributed by atoms with Gasteiger partial charge >= 0.3 is 5.97 Å². The number of carbonyl (C=O) groups is 2. The highest BCUT2D eigenvalue weighted by molar-refractivity contribution is 7.16. The largest absolute Gasteiger partial charge is 0.459 e. The molecule has 2 unspecified atom stereocenters. The summed E-state index contributed by atoms with van der Waals surface area (Å²) in [6.45, 7) is 7.65. The Morgan fingerprint density at radius 2 is 1.96 bits per heavy atom. The zero-order valence-electron chi connectivity index (χ0n) is 15.7. The van der Waals surface area contributed by atoms with Crippen LogP contribution in [0, 0.1) is 12.8 Å². The van der Waals surface area contributed by atoms with Crippen molar-refractivity contribution in [3.8, 4) is 0 Å². The Balaban J connectivity index is 1.77. The summed E-state index contributed by atoms with van der Waals surface area (Å²) in [6.07, 6.45) is 1.39. The van der Waals surface area contributed by atoms with Crippen LogP contribution in [0.3, 0.4) is 0 Å². The third kappa shape index (κ3) is 3.83. The van der Waals surface area contributed by atoms with E-state index in [4.69, 9.17) is 4.74 Å². The third-order valence-electron chi connectivity index (χ3n) is 4.70. The van der Waals surface area contributed by atoms with E-state index in [2.05, 4.69) is 17.4 Å². The van der Waals surface area contributed by atoms with Gasteiger partial charge in [-0.15, -0.1) is 11.3 Å². The molecule has 0 radical (unpaired) electrons. The van der Waals surface area contributed by atoms with E-state index < -0.39 is 0 Å². The number of rotatable bonds is 6. The molecule has 2 aromatic rings. The smallest absolute Gasteiger partial charge is 0.341 e. The Labute approximate surface area is 158 Å². The van der Waals surface area contributed by atoms with E-state index in [0.29, 0.717) is 10.6 Å². The zero-order chi connectivity index (χ0) is 18.8. The highest BCUT2D eigenvalue weighted by atomic mass is 32.1. The lowest BCUT2D eigenvalue weighted by Crippen LogP contribution is -2.18. The van der Waals surface area contributed by atoms with E-state index in [1.54, 1.807) is 0 Å². The van der Waals surface area contributed by atoms with E-state index in [1.165, 1.54) is 16.9 Å². The number of hydrogen-bond acceptors (Lipinski definition) is 4. The maximum absolute atomic E-state index is 12.7. The molecule has 1 N–H and O–H groups in total. The summed E-state index contributed by atoms with van der Waals surface area (Å²) in [5.74, 6) is -0.124. The van der Waals surface area contributed by atoms with Crippen molar-refractivity contribution in [1.29, 1.82) is 0 Å². The van der Waals surface area contributed by atoms with E-state index in [9.17, 15) is 9.59 Å². The van der Waals surface area contributed by atoms with Crippen molar-refractivity contribution in [2.75, 3.05) is 5.32 Å². The molecular weight excluding hydrogens is 346 g/mol. The predicted octanol–water partition coefficient (Wildman–Crippen LogP) is 4.93. The standard InChI is InChI=1S/C21H25NO3S/c1-5-15-13(4)26-20(18(15)21(24)25-12(2)3)22-19(23)17-11-16(17)14-9-7-6-8-10-14/h6-10,12,16-17H,5,11H2,1-4H3,(H,22,23). The number of anilines is 1. The monoisotopic (exact) mass is 371 g/mol. The summed E-state index contributed by atoms with van der Waals surface area (Å²) in [5.41, 5.74) is 2.68. The minimum atomic E-state index is -0.355. The van der Waals surface area contributed by atoms with E-state index >= 15 is 0 Å². The summed E-state index contributed by atoms with van der Waals surface area (Å²) in [6, 6.07) is 10.1. The van der Waals surface area contributed by atoms with Gasteiger partial charge in [-0.05, 0) is 50.7 Å². The second-order valence-electron chi connectivity index (χ2n) is 7.00. The van der Waals surface area contributed by atoms with E-state index in [0.717, 1.165) is 23.3 Å². The van der Waals surface area contributed by atoms with Gasteiger partial charge < -0.3 is 10.1 Å². The lowest BCUT2D eigenvalue weighted by molar-refractivity contribution is -0.117. The molecule has 0 bridgehead atoms. The summed E-state index contributed by atoms with van der Waals surface area (Å²) in [4.78, 5) is 26.3. The van der Waals surface area contributed by atoms with Crippen LogP contribution in [0.4, 0.5) is 5.00 Å². The molecule has 1 saturated carbocycles. The fraction of sp³-hybridized carbons (Fsp3) is 0.429. The van der Waals surface area contributed by atoms with Crippen LogP contribution in [-0.2, 0) is 16.0 Å². The predicted molar refractivity (Wildman–Crippen MR) is 105 cm³/mol. The van der Waals surface area contributed by atoms with Gasteiger partial charge in [-0.25, -0.2) is 4.79 Å². The molecule has 138 valence electrons. The normalized spacial score (nSPS) is 18.7. The molecule has 1 amide bonds. The molecule has 5 heteroatoms. The number of carbonyl (C=O) groups excluding carboxylic acids is 2. The van der Waals surface area contributed by atoms with Crippen LogP contribution in [0.15, 0.2) is 30.3 Å². The fourth-order valence-electron chi connectivity index (χ4n) is 3.34. The van der Waals surface area contributed by atoms with Crippen LogP contribution in [0.5, 0.6) is 0 Å². The molecule has 2 atom stereocenters. The maximum Gasteiger partial charge on any atom is 0.341 e. The summed E-state index contributed by atoms with van der Waals surface area (Å²) in [7, 11) is 0.